The Balaban J connectivity index is 1.82. The number of halogens is 1. The van der Waals surface area contributed by atoms with Crippen LogP contribution in [0.4, 0.5) is 5.69 Å². The number of phenolic OH excluding ortho intramolecular Hbond substituents is 1. The standard InChI is InChI=1S/C27H27BrN4O3/c1-3-32(4-2)22-13-10-19(11-14-22)17-24(30-26(34)21-8-6-5-7-9-21)27(35)31-29-18-20-12-15-25(33)23(28)16-20/h5-18,33H,3-4H2,1-2H3,(H,30,34)(H,31,35)/b24-17-,29-18-. The molecule has 0 aliphatic heterocycles. The van der Waals surface area contributed by atoms with Crippen molar-refractivity contribution in [3.8, 4) is 5.75 Å². The molecule has 0 aliphatic carbocycles. The van der Waals surface area contributed by atoms with Gasteiger partial charge in [0.05, 0.1) is 10.7 Å². The van der Waals surface area contributed by atoms with E-state index >= 15 is 0 Å². The first kappa shape index (κ1) is 25.7. The maximum Gasteiger partial charge on any atom is 0.287 e. The highest BCUT2D eigenvalue weighted by Crippen LogP contribution is 2.23. The van der Waals surface area contributed by atoms with Gasteiger partial charge in [0.15, 0.2) is 0 Å². The number of amides is 2. The third kappa shape index (κ3) is 7.28. The summed E-state index contributed by atoms with van der Waals surface area (Å²) in [7, 11) is 0. The Morgan fingerprint density at radius 2 is 1.63 bits per heavy atom. The van der Waals surface area contributed by atoms with Crippen molar-refractivity contribution in [1.82, 2.24) is 10.7 Å². The zero-order valence-corrected chi connectivity index (χ0v) is 21.1. The normalized spacial score (nSPS) is 11.3. The Morgan fingerprint density at radius 3 is 2.26 bits per heavy atom. The number of carbonyl (C=O) groups excluding carboxylic acids is 2. The summed E-state index contributed by atoms with van der Waals surface area (Å²) in [4.78, 5) is 27.9. The van der Waals surface area contributed by atoms with Crippen molar-refractivity contribution in [1.29, 1.82) is 0 Å². The van der Waals surface area contributed by atoms with Crippen LogP contribution in [-0.2, 0) is 4.79 Å². The van der Waals surface area contributed by atoms with Gasteiger partial charge < -0.3 is 15.3 Å². The average molecular weight is 535 g/mol. The van der Waals surface area contributed by atoms with Gasteiger partial charge in [0.1, 0.15) is 11.4 Å². The molecule has 7 nitrogen and oxygen atoms in total. The molecular weight excluding hydrogens is 508 g/mol. The number of aromatic hydroxyl groups is 1. The van der Waals surface area contributed by atoms with Crippen molar-refractivity contribution < 1.29 is 14.7 Å². The van der Waals surface area contributed by atoms with Gasteiger partial charge in [-0.15, -0.1) is 0 Å². The summed E-state index contributed by atoms with van der Waals surface area (Å²) in [6.07, 6.45) is 3.05. The molecule has 0 radical (unpaired) electrons. The minimum absolute atomic E-state index is 0.0541. The monoisotopic (exact) mass is 534 g/mol. The van der Waals surface area contributed by atoms with E-state index in [4.69, 9.17) is 0 Å². The second-order valence-corrected chi connectivity index (χ2v) is 8.41. The van der Waals surface area contributed by atoms with Crippen LogP contribution in [0.25, 0.3) is 6.08 Å². The van der Waals surface area contributed by atoms with Crippen LogP contribution in [-0.4, -0.2) is 36.2 Å². The molecule has 35 heavy (non-hydrogen) atoms. The van der Waals surface area contributed by atoms with Gasteiger partial charge in [0, 0.05) is 24.3 Å². The lowest BCUT2D eigenvalue weighted by Crippen LogP contribution is -2.32. The van der Waals surface area contributed by atoms with Gasteiger partial charge in [-0.1, -0.05) is 30.3 Å². The highest BCUT2D eigenvalue weighted by molar-refractivity contribution is 9.10. The van der Waals surface area contributed by atoms with Crippen LogP contribution in [0.1, 0.15) is 35.3 Å². The van der Waals surface area contributed by atoms with E-state index in [0.717, 1.165) is 24.3 Å². The van der Waals surface area contributed by atoms with E-state index < -0.39 is 11.8 Å². The summed E-state index contributed by atoms with van der Waals surface area (Å²) in [6, 6.07) is 21.2. The van der Waals surface area contributed by atoms with Crippen LogP contribution >= 0.6 is 15.9 Å². The molecule has 0 saturated carbocycles. The number of anilines is 1. The predicted molar refractivity (Wildman–Crippen MR) is 143 cm³/mol. The Kier molecular flexibility index (Phi) is 9.20. The van der Waals surface area contributed by atoms with Crippen LogP contribution < -0.4 is 15.6 Å². The molecule has 0 aromatic heterocycles. The van der Waals surface area contributed by atoms with E-state index in [1.807, 2.05) is 30.3 Å². The van der Waals surface area contributed by atoms with Gasteiger partial charge in [-0.2, -0.15) is 5.10 Å². The number of hydrazone groups is 1. The van der Waals surface area contributed by atoms with E-state index in [2.05, 4.69) is 50.5 Å². The van der Waals surface area contributed by atoms with E-state index in [1.165, 1.54) is 12.3 Å². The van der Waals surface area contributed by atoms with Gasteiger partial charge in [-0.25, -0.2) is 5.43 Å². The molecule has 0 saturated heterocycles. The smallest absolute Gasteiger partial charge is 0.287 e. The largest absolute Gasteiger partial charge is 0.507 e. The van der Waals surface area contributed by atoms with E-state index in [9.17, 15) is 14.7 Å². The molecule has 0 heterocycles. The van der Waals surface area contributed by atoms with Crippen molar-refractivity contribution in [3.05, 3.63) is 99.7 Å². The zero-order chi connectivity index (χ0) is 25.2. The summed E-state index contributed by atoms with van der Waals surface area (Å²) in [6.45, 7) is 5.97. The van der Waals surface area contributed by atoms with Crippen LogP contribution in [0.3, 0.4) is 0 Å². The second kappa shape index (κ2) is 12.5. The van der Waals surface area contributed by atoms with Crippen LogP contribution in [0.5, 0.6) is 5.75 Å². The topological polar surface area (TPSA) is 94.0 Å². The first-order chi connectivity index (χ1) is 16.9. The van der Waals surface area contributed by atoms with Gasteiger partial charge in [-0.3, -0.25) is 9.59 Å². The van der Waals surface area contributed by atoms with Crippen molar-refractivity contribution >= 4 is 45.7 Å². The predicted octanol–water partition coefficient (Wildman–Crippen LogP) is 4.92. The maximum absolute atomic E-state index is 12.9. The molecule has 2 amide bonds. The lowest BCUT2D eigenvalue weighted by atomic mass is 10.1. The number of phenols is 1. The van der Waals surface area contributed by atoms with Gasteiger partial charge in [0.25, 0.3) is 11.8 Å². The van der Waals surface area contributed by atoms with Crippen molar-refractivity contribution in [2.75, 3.05) is 18.0 Å². The molecule has 0 atom stereocenters. The minimum Gasteiger partial charge on any atom is -0.507 e. The van der Waals surface area contributed by atoms with Crippen LogP contribution in [0, 0.1) is 0 Å². The summed E-state index contributed by atoms with van der Waals surface area (Å²) < 4.78 is 0.511. The molecule has 8 heteroatoms. The lowest BCUT2D eigenvalue weighted by Gasteiger charge is -2.20. The number of hydrogen-bond acceptors (Lipinski definition) is 5. The molecule has 3 rings (SSSR count). The fourth-order valence-electron chi connectivity index (χ4n) is 3.31. The fourth-order valence-corrected chi connectivity index (χ4v) is 3.70. The summed E-state index contributed by atoms with van der Waals surface area (Å²) in [5.41, 5.74) is 5.44. The van der Waals surface area contributed by atoms with Crippen molar-refractivity contribution in [3.63, 3.8) is 0 Å². The lowest BCUT2D eigenvalue weighted by molar-refractivity contribution is -0.117. The first-order valence-electron chi connectivity index (χ1n) is 11.2. The average Bonchev–Trinajstić information content (AvgIpc) is 2.88. The highest BCUT2D eigenvalue weighted by atomic mass is 79.9. The number of nitrogens with zero attached hydrogens (tertiary/aromatic N) is 2. The zero-order valence-electron chi connectivity index (χ0n) is 19.5. The van der Waals surface area contributed by atoms with Crippen molar-refractivity contribution in [2.45, 2.75) is 13.8 Å². The molecule has 0 fully saturated rings. The molecule has 0 spiro atoms. The summed E-state index contributed by atoms with van der Waals surface area (Å²) in [5, 5.41) is 16.3. The third-order valence-corrected chi connectivity index (χ3v) is 5.85. The Hall–Kier alpha value is -3.91. The molecule has 3 N–H and O–H groups in total. The quantitative estimate of drug-likeness (QED) is 0.206. The van der Waals surface area contributed by atoms with Gasteiger partial charge in [-0.05, 0) is 89.4 Å². The van der Waals surface area contributed by atoms with E-state index in [-0.39, 0.29) is 11.4 Å². The Morgan fingerprint density at radius 1 is 0.971 bits per heavy atom. The van der Waals surface area contributed by atoms with E-state index in [0.29, 0.717) is 15.6 Å². The molecular formula is C27H27BrN4O3. The Bertz CT molecular complexity index is 1220. The fraction of sp³-hybridized carbons (Fsp3) is 0.148. The minimum atomic E-state index is -0.573. The Labute approximate surface area is 213 Å². The summed E-state index contributed by atoms with van der Waals surface area (Å²) in [5.74, 6) is -0.874. The third-order valence-electron chi connectivity index (χ3n) is 5.21. The van der Waals surface area contributed by atoms with Gasteiger partial charge in [0.2, 0.25) is 0 Å². The molecule has 0 aliphatic rings. The molecule has 180 valence electrons. The van der Waals surface area contributed by atoms with Crippen molar-refractivity contribution in [2.24, 2.45) is 5.10 Å². The van der Waals surface area contributed by atoms with Crippen LogP contribution in [0.2, 0.25) is 0 Å². The van der Waals surface area contributed by atoms with Gasteiger partial charge >= 0.3 is 0 Å². The molecule has 3 aromatic carbocycles. The number of rotatable bonds is 9. The first-order valence-corrected chi connectivity index (χ1v) is 12.0. The maximum atomic E-state index is 12.9. The number of nitrogens with one attached hydrogen (secondary N) is 2. The summed E-state index contributed by atoms with van der Waals surface area (Å²) >= 11 is 3.24. The number of benzene rings is 3. The van der Waals surface area contributed by atoms with E-state index in [1.54, 1.807) is 42.5 Å². The highest BCUT2D eigenvalue weighted by Gasteiger charge is 2.14. The SMILES string of the molecule is CCN(CC)c1ccc(/C=C(\NC(=O)c2ccccc2)C(=O)N/N=C\c2ccc(O)c(Br)c2)cc1. The number of hydrogen-bond donors (Lipinski definition) is 3. The number of carbonyl (C=O) groups is 2. The molecule has 0 unspecified atom stereocenters. The molecule has 0 bridgehead atoms. The molecule has 3 aromatic rings. The van der Waals surface area contributed by atoms with Crippen LogP contribution in [0.15, 0.2) is 88.1 Å². The second-order valence-electron chi connectivity index (χ2n) is 7.55.